The summed E-state index contributed by atoms with van der Waals surface area (Å²) in [5.41, 5.74) is 1.01. The highest BCUT2D eigenvalue weighted by atomic mass is 15.2. The van der Waals surface area contributed by atoms with Gasteiger partial charge in [0, 0.05) is 31.7 Å². The highest BCUT2D eigenvalue weighted by Gasteiger charge is 2.23. The van der Waals surface area contributed by atoms with E-state index in [9.17, 15) is 0 Å². The topological polar surface area (TPSA) is 30.3 Å². The zero-order valence-corrected chi connectivity index (χ0v) is 11.4. The molecule has 1 aliphatic rings. The number of likely N-dealkylation sites (tertiary alicyclic amines) is 1. The van der Waals surface area contributed by atoms with Crippen LogP contribution in [0.2, 0.25) is 0 Å². The van der Waals surface area contributed by atoms with Gasteiger partial charge in [-0.2, -0.15) is 0 Å². The summed E-state index contributed by atoms with van der Waals surface area (Å²) < 4.78 is 0. The van der Waals surface area contributed by atoms with Crippen LogP contribution in [0.25, 0.3) is 0 Å². The molecule has 2 rings (SSSR count). The number of amidine groups is 1. The summed E-state index contributed by atoms with van der Waals surface area (Å²) in [5, 5.41) is 8.28. The average Bonchev–Trinajstić information content (AvgIpc) is 2.47. The highest BCUT2D eigenvalue weighted by Crippen LogP contribution is 2.17. The van der Waals surface area contributed by atoms with Crippen LogP contribution in [0.3, 0.4) is 0 Å². The number of benzene rings is 1. The molecule has 0 radical (unpaired) electrons. The SMILES string of the molecule is CCN1CCC(N(C)C(=N)c2ccccc2)CC1. The van der Waals surface area contributed by atoms with Crippen molar-refractivity contribution >= 4 is 5.84 Å². The molecule has 0 bridgehead atoms. The quantitative estimate of drug-likeness (QED) is 0.655. The van der Waals surface area contributed by atoms with Crippen molar-refractivity contribution < 1.29 is 0 Å². The van der Waals surface area contributed by atoms with E-state index in [1.54, 1.807) is 0 Å². The molecule has 1 fully saturated rings. The van der Waals surface area contributed by atoms with Crippen LogP contribution in [0.5, 0.6) is 0 Å². The Kier molecular flexibility index (Phi) is 4.37. The number of nitrogens with zero attached hydrogens (tertiary/aromatic N) is 2. The van der Waals surface area contributed by atoms with E-state index in [2.05, 4.69) is 23.8 Å². The number of piperidine rings is 1. The van der Waals surface area contributed by atoms with Gasteiger partial charge in [0.15, 0.2) is 0 Å². The molecular weight excluding hydrogens is 222 g/mol. The molecule has 1 saturated heterocycles. The van der Waals surface area contributed by atoms with Crippen molar-refractivity contribution in [2.45, 2.75) is 25.8 Å². The van der Waals surface area contributed by atoms with Gasteiger partial charge >= 0.3 is 0 Å². The van der Waals surface area contributed by atoms with E-state index in [0.29, 0.717) is 11.9 Å². The fourth-order valence-corrected chi connectivity index (χ4v) is 2.61. The van der Waals surface area contributed by atoms with Crippen LogP contribution in [0.15, 0.2) is 30.3 Å². The summed E-state index contributed by atoms with van der Waals surface area (Å²) in [6, 6.07) is 10.5. The van der Waals surface area contributed by atoms with Gasteiger partial charge in [0.1, 0.15) is 5.84 Å². The number of hydrogen-bond donors (Lipinski definition) is 1. The second-order valence-corrected chi connectivity index (χ2v) is 4.99. The Morgan fingerprint density at radius 2 is 1.89 bits per heavy atom. The smallest absolute Gasteiger partial charge is 0.128 e. The Balaban J connectivity index is 1.96. The van der Waals surface area contributed by atoms with Crippen LogP contribution in [0.4, 0.5) is 0 Å². The largest absolute Gasteiger partial charge is 0.357 e. The fraction of sp³-hybridized carbons (Fsp3) is 0.533. The number of rotatable bonds is 3. The molecule has 1 aliphatic heterocycles. The first-order chi connectivity index (χ1) is 8.72. The van der Waals surface area contributed by atoms with Gasteiger partial charge in [-0.3, -0.25) is 5.41 Å². The summed E-state index contributed by atoms with van der Waals surface area (Å²) in [6.45, 7) is 5.68. The molecule has 1 aromatic carbocycles. The molecule has 0 amide bonds. The molecule has 98 valence electrons. The van der Waals surface area contributed by atoms with Crippen molar-refractivity contribution in [1.82, 2.24) is 9.80 Å². The lowest BCUT2D eigenvalue weighted by Gasteiger charge is -2.37. The summed E-state index contributed by atoms with van der Waals surface area (Å²) >= 11 is 0. The number of nitrogens with one attached hydrogen (secondary N) is 1. The number of hydrogen-bond acceptors (Lipinski definition) is 2. The van der Waals surface area contributed by atoms with Crippen molar-refractivity contribution in [2.75, 3.05) is 26.7 Å². The van der Waals surface area contributed by atoms with Crippen LogP contribution < -0.4 is 0 Å². The first-order valence-corrected chi connectivity index (χ1v) is 6.81. The summed E-state index contributed by atoms with van der Waals surface area (Å²) in [4.78, 5) is 4.62. The maximum absolute atomic E-state index is 8.28. The molecule has 0 aromatic heterocycles. The molecule has 0 saturated carbocycles. The van der Waals surface area contributed by atoms with E-state index in [1.165, 1.54) is 12.8 Å². The fourth-order valence-electron chi connectivity index (χ4n) is 2.61. The van der Waals surface area contributed by atoms with E-state index < -0.39 is 0 Å². The van der Waals surface area contributed by atoms with Crippen LogP contribution >= 0.6 is 0 Å². The predicted octanol–water partition coefficient (Wildman–Crippen LogP) is 2.43. The molecule has 0 unspecified atom stereocenters. The second kappa shape index (κ2) is 6.01. The van der Waals surface area contributed by atoms with E-state index >= 15 is 0 Å². The minimum atomic E-state index is 0.514. The van der Waals surface area contributed by atoms with Crippen LogP contribution in [0, 0.1) is 5.41 Å². The molecule has 0 aliphatic carbocycles. The Hall–Kier alpha value is -1.35. The first-order valence-electron chi connectivity index (χ1n) is 6.81. The van der Waals surface area contributed by atoms with E-state index in [4.69, 9.17) is 5.41 Å². The van der Waals surface area contributed by atoms with Crippen LogP contribution in [0.1, 0.15) is 25.3 Å². The lowest BCUT2D eigenvalue weighted by atomic mass is 10.0. The molecule has 18 heavy (non-hydrogen) atoms. The van der Waals surface area contributed by atoms with E-state index in [-0.39, 0.29) is 0 Å². The highest BCUT2D eigenvalue weighted by molar-refractivity contribution is 5.96. The second-order valence-electron chi connectivity index (χ2n) is 4.99. The predicted molar refractivity (Wildman–Crippen MR) is 76.2 cm³/mol. The van der Waals surface area contributed by atoms with Crippen molar-refractivity contribution in [1.29, 1.82) is 5.41 Å². The monoisotopic (exact) mass is 245 g/mol. The summed E-state index contributed by atoms with van der Waals surface area (Å²) in [5.74, 6) is 0.644. The maximum atomic E-state index is 8.28. The van der Waals surface area contributed by atoms with Gasteiger partial charge in [-0.25, -0.2) is 0 Å². The van der Waals surface area contributed by atoms with Gasteiger partial charge in [-0.15, -0.1) is 0 Å². The van der Waals surface area contributed by atoms with Gasteiger partial charge < -0.3 is 9.80 Å². The minimum absolute atomic E-state index is 0.514. The van der Waals surface area contributed by atoms with Crippen molar-refractivity contribution in [3.8, 4) is 0 Å². The van der Waals surface area contributed by atoms with Crippen LogP contribution in [-0.2, 0) is 0 Å². The van der Waals surface area contributed by atoms with E-state index in [1.807, 2.05) is 30.3 Å². The third-order valence-corrected chi connectivity index (χ3v) is 3.95. The minimum Gasteiger partial charge on any atom is -0.357 e. The van der Waals surface area contributed by atoms with E-state index in [0.717, 1.165) is 25.2 Å². The lowest BCUT2D eigenvalue weighted by Crippen LogP contribution is -2.45. The summed E-state index contributed by atoms with van der Waals surface area (Å²) in [6.07, 6.45) is 2.33. The third-order valence-electron chi connectivity index (χ3n) is 3.95. The third kappa shape index (κ3) is 2.91. The molecule has 3 nitrogen and oxygen atoms in total. The Morgan fingerprint density at radius 3 is 2.44 bits per heavy atom. The molecular formula is C15H23N3. The average molecular weight is 245 g/mol. The van der Waals surface area contributed by atoms with Gasteiger partial charge in [-0.1, -0.05) is 37.3 Å². The molecule has 3 heteroatoms. The Labute approximate surface area is 110 Å². The molecule has 1 heterocycles. The van der Waals surface area contributed by atoms with Crippen molar-refractivity contribution in [3.63, 3.8) is 0 Å². The first kappa shape index (κ1) is 13.1. The standard InChI is InChI=1S/C15H23N3/c1-3-18-11-9-14(10-12-18)17(2)15(16)13-7-5-4-6-8-13/h4-8,14,16H,3,9-12H2,1-2H3. The maximum Gasteiger partial charge on any atom is 0.128 e. The molecule has 1 N–H and O–H groups in total. The van der Waals surface area contributed by atoms with Gasteiger partial charge in [0.2, 0.25) is 0 Å². The Morgan fingerprint density at radius 1 is 1.28 bits per heavy atom. The normalized spacial score (nSPS) is 17.7. The van der Waals surface area contributed by atoms with Crippen molar-refractivity contribution in [2.24, 2.45) is 0 Å². The molecule has 0 spiro atoms. The molecule has 1 aromatic rings. The summed E-state index contributed by atoms with van der Waals surface area (Å²) in [7, 11) is 2.06. The zero-order valence-electron chi connectivity index (χ0n) is 11.4. The van der Waals surface area contributed by atoms with Crippen LogP contribution in [-0.4, -0.2) is 48.4 Å². The van der Waals surface area contributed by atoms with Gasteiger partial charge in [0.05, 0.1) is 0 Å². The molecule has 0 atom stereocenters. The zero-order chi connectivity index (χ0) is 13.0. The van der Waals surface area contributed by atoms with Gasteiger partial charge in [0.25, 0.3) is 0 Å². The van der Waals surface area contributed by atoms with Gasteiger partial charge in [-0.05, 0) is 19.4 Å². The Bertz CT molecular complexity index is 380. The lowest BCUT2D eigenvalue weighted by molar-refractivity contribution is 0.171. The van der Waals surface area contributed by atoms with Crippen molar-refractivity contribution in [3.05, 3.63) is 35.9 Å².